The fraction of sp³-hybridized carbons (Fsp3) is 0.467. The maximum Gasteiger partial charge on any atom is 0.306 e. The highest BCUT2D eigenvalue weighted by molar-refractivity contribution is 5.71. The molecule has 1 aliphatic heterocycles. The van der Waals surface area contributed by atoms with Crippen LogP contribution in [0.15, 0.2) is 18.2 Å². The first-order valence-corrected chi connectivity index (χ1v) is 6.53. The third kappa shape index (κ3) is 2.70. The predicted octanol–water partition coefficient (Wildman–Crippen LogP) is 2.56. The van der Waals surface area contributed by atoms with E-state index in [9.17, 15) is 10.1 Å². The van der Waals surface area contributed by atoms with Crippen molar-refractivity contribution in [3.63, 3.8) is 0 Å². The molecule has 1 N–H and O–H groups in total. The molecule has 0 aliphatic carbocycles. The van der Waals surface area contributed by atoms with Gasteiger partial charge in [-0.2, -0.15) is 5.26 Å². The van der Waals surface area contributed by atoms with E-state index in [1.54, 1.807) is 0 Å². The van der Waals surface area contributed by atoms with Crippen LogP contribution in [0.1, 0.15) is 30.9 Å². The lowest BCUT2D eigenvalue weighted by Crippen LogP contribution is -2.43. The lowest BCUT2D eigenvalue weighted by molar-refractivity contribution is -0.142. The summed E-state index contributed by atoms with van der Waals surface area (Å²) >= 11 is 0. The Morgan fingerprint density at radius 3 is 2.84 bits per heavy atom. The molecular formula is C15H18N2O2. The maximum atomic E-state index is 11.0. The zero-order valence-corrected chi connectivity index (χ0v) is 11.3. The molecule has 1 heterocycles. The number of nitrogens with zero attached hydrogens (tertiary/aromatic N) is 2. The Labute approximate surface area is 113 Å². The van der Waals surface area contributed by atoms with Crippen molar-refractivity contribution in [2.45, 2.75) is 32.7 Å². The quantitative estimate of drug-likeness (QED) is 0.885. The molecule has 4 heteroatoms. The van der Waals surface area contributed by atoms with E-state index in [4.69, 9.17) is 5.11 Å². The van der Waals surface area contributed by atoms with Gasteiger partial charge in [0.1, 0.15) is 6.07 Å². The molecule has 1 aliphatic rings. The van der Waals surface area contributed by atoms with Gasteiger partial charge in [0, 0.05) is 12.6 Å². The van der Waals surface area contributed by atoms with Crippen LogP contribution in [0.4, 0.5) is 5.69 Å². The first kappa shape index (κ1) is 13.4. The van der Waals surface area contributed by atoms with Crippen LogP contribution >= 0.6 is 0 Å². The van der Waals surface area contributed by atoms with Crippen LogP contribution in [0.25, 0.3) is 0 Å². The highest BCUT2D eigenvalue weighted by atomic mass is 16.4. The van der Waals surface area contributed by atoms with Crippen LogP contribution in [0, 0.1) is 24.2 Å². The number of rotatable bonds is 2. The van der Waals surface area contributed by atoms with Gasteiger partial charge in [-0.15, -0.1) is 0 Å². The summed E-state index contributed by atoms with van der Waals surface area (Å²) in [5.74, 6) is -0.974. The third-order valence-corrected chi connectivity index (χ3v) is 3.81. The van der Waals surface area contributed by atoms with Gasteiger partial charge in [0.2, 0.25) is 0 Å². The van der Waals surface area contributed by atoms with E-state index in [-0.39, 0.29) is 12.0 Å². The summed E-state index contributed by atoms with van der Waals surface area (Å²) in [6.45, 7) is 4.72. The molecule has 1 saturated heterocycles. The number of hydrogen-bond acceptors (Lipinski definition) is 3. The molecule has 19 heavy (non-hydrogen) atoms. The molecule has 0 amide bonds. The number of piperidine rings is 1. The summed E-state index contributed by atoms with van der Waals surface area (Å²) in [5.41, 5.74) is 2.70. The molecule has 0 bridgehead atoms. The van der Waals surface area contributed by atoms with E-state index >= 15 is 0 Å². The first-order chi connectivity index (χ1) is 9.02. The Morgan fingerprint density at radius 2 is 2.26 bits per heavy atom. The standard InChI is InChI=1S/C15H18N2O2/c1-10-3-4-13(9-16)14(7-10)17-6-5-12(15(18)19)8-11(17)2/h3-4,7,11-12H,5-6,8H2,1-2H3,(H,18,19). The van der Waals surface area contributed by atoms with Gasteiger partial charge in [-0.3, -0.25) is 4.79 Å². The zero-order chi connectivity index (χ0) is 14.0. The summed E-state index contributed by atoms with van der Waals surface area (Å²) in [7, 11) is 0. The minimum absolute atomic E-state index is 0.142. The van der Waals surface area contributed by atoms with Crippen molar-refractivity contribution in [1.82, 2.24) is 0 Å². The van der Waals surface area contributed by atoms with E-state index in [0.29, 0.717) is 24.9 Å². The first-order valence-electron chi connectivity index (χ1n) is 6.53. The van der Waals surface area contributed by atoms with Gasteiger partial charge in [-0.25, -0.2) is 0 Å². The maximum absolute atomic E-state index is 11.0. The smallest absolute Gasteiger partial charge is 0.306 e. The molecule has 2 unspecified atom stereocenters. The summed E-state index contributed by atoms with van der Waals surface area (Å²) in [5, 5.41) is 18.3. The molecule has 1 aromatic carbocycles. The van der Waals surface area contributed by atoms with E-state index in [1.165, 1.54) is 0 Å². The summed E-state index contributed by atoms with van der Waals surface area (Å²) in [6.07, 6.45) is 1.27. The van der Waals surface area contributed by atoms with Crippen molar-refractivity contribution in [3.05, 3.63) is 29.3 Å². The van der Waals surface area contributed by atoms with Gasteiger partial charge in [0.15, 0.2) is 0 Å². The van der Waals surface area contributed by atoms with E-state index < -0.39 is 5.97 Å². The summed E-state index contributed by atoms with van der Waals surface area (Å²) < 4.78 is 0. The lowest BCUT2D eigenvalue weighted by Gasteiger charge is -2.38. The summed E-state index contributed by atoms with van der Waals surface area (Å²) in [6, 6.07) is 8.13. The molecule has 0 aromatic heterocycles. The number of anilines is 1. The number of carboxylic acid groups (broad SMARTS) is 1. The number of aliphatic carboxylic acids is 1. The molecule has 1 fully saturated rings. The Bertz CT molecular complexity index is 533. The second-order valence-corrected chi connectivity index (χ2v) is 5.23. The Morgan fingerprint density at radius 1 is 1.53 bits per heavy atom. The number of benzene rings is 1. The Balaban J connectivity index is 2.26. The average molecular weight is 258 g/mol. The second-order valence-electron chi connectivity index (χ2n) is 5.23. The van der Waals surface area contributed by atoms with Crippen molar-refractivity contribution in [1.29, 1.82) is 5.26 Å². The SMILES string of the molecule is Cc1ccc(C#N)c(N2CCC(C(=O)O)CC2C)c1. The van der Waals surface area contributed by atoms with Gasteiger partial charge >= 0.3 is 5.97 Å². The summed E-state index contributed by atoms with van der Waals surface area (Å²) in [4.78, 5) is 13.2. The van der Waals surface area contributed by atoms with Gasteiger partial charge in [0.25, 0.3) is 0 Å². The predicted molar refractivity (Wildman–Crippen MR) is 73.1 cm³/mol. The van der Waals surface area contributed by atoms with Crippen molar-refractivity contribution in [3.8, 4) is 6.07 Å². The number of hydrogen-bond donors (Lipinski definition) is 1. The molecule has 2 rings (SSSR count). The number of nitriles is 1. The second kappa shape index (κ2) is 5.31. The van der Waals surface area contributed by atoms with E-state index in [0.717, 1.165) is 11.3 Å². The van der Waals surface area contributed by atoms with Crippen LogP contribution in [0.3, 0.4) is 0 Å². The topological polar surface area (TPSA) is 64.3 Å². The van der Waals surface area contributed by atoms with Crippen molar-refractivity contribution < 1.29 is 9.90 Å². The average Bonchev–Trinajstić information content (AvgIpc) is 2.38. The van der Waals surface area contributed by atoms with Gasteiger partial charge < -0.3 is 10.0 Å². The molecule has 0 radical (unpaired) electrons. The lowest BCUT2D eigenvalue weighted by atomic mass is 9.90. The van der Waals surface area contributed by atoms with Gasteiger partial charge in [0.05, 0.1) is 17.2 Å². The molecule has 100 valence electrons. The highest BCUT2D eigenvalue weighted by Gasteiger charge is 2.30. The molecule has 4 nitrogen and oxygen atoms in total. The van der Waals surface area contributed by atoms with Crippen molar-refractivity contribution in [2.75, 3.05) is 11.4 Å². The molecule has 0 saturated carbocycles. The molecule has 2 atom stereocenters. The Kier molecular flexibility index (Phi) is 3.75. The number of carbonyl (C=O) groups is 1. The monoisotopic (exact) mass is 258 g/mol. The number of carboxylic acids is 1. The van der Waals surface area contributed by atoms with E-state index in [2.05, 4.69) is 11.0 Å². The minimum Gasteiger partial charge on any atom is -0.481 e. The van der Waals surface area contributed by atoms with Crippen LogP contribution in [0.5, 0.6) is 0 Å². The fourth-order valence-electron chi connectivity index (χ4n) is 2.73. The number of aryl methyl sites for hydroxylation is 1. The van der Waals surface area contributed by atoms with Crippen molar-refractivity contribution >= 4 is 11.7 Å². The van der Waals surface area contributed by atoms with E-state index in [1.807, 2.05) is 32.0 Å². The zero-order valence-electron chi connectivity index (χ0n) is 11.3. The van der Waals surface area contributed by atoms with Gasteiger partial charge in [-0.1, -0.05) is 6.07 Å². The normalized spacial score (nSPS) is 22.9. The minimum atomic E-state index is -0.712. The Hall–Kier alpha value is -2.02. The largest absolute Gasteiger partial charge is 0.481 e. The molecule has 0 spiro atoms. The van der Waals surface area contributed by atoms with Crippen LogP contribution in [-0.4, -0.2) is 23.7 Å². The molecular weight excluding hydrogens is 240 g/mol. The van der Waals surface area contributed by atoms with Crippen LogP contribution in [0.2, 0.25) is 0 Å². The van der Waals surface area contributed by atoms with Crippen molar-refractivity contribution in [2.24, 2.45) is 5.92 Å². The molecule has 1 aromatic rings. The third-order valence-electron chi connectivity index (χ3n) is 3.81. The van der Waals surface area contributed by atoms with Gasteiger partial charge in [-0.05, 0) is 44.4 Å². The van der Waals surface area contributed by atoms with Crippen LogP contribution in [-0.2, 0) is 4.79 Å². The highest BCUT2D eigenvalue weighted by Crippen LogP contribution is 2.31. The fourth-order valence-corrected chi connectivity index (χ4v) is 2.73. The van der Waals surface area contributed by atoms with Crippen LogP contribution < -0.4 is 4.90 Å².